The molecule has 4 rings (SSSR count). The summed E-state index contributed by atoms with van der Waals surface area (Å²) in [5.74, 6) is 1.64. The highest BCUT2D eigenvalue weighted by molar-refractivity contribution is 7.10. The summed E-state index contributed by atoms with van der Waals surface area (Å²) in [4.78, 5) is 15.8. The smallest absolute Gasteiger partial charge is 0.227 e. The fraction of sp³-hybridized carbons (Fsp3) is 0.350. The molecule has 1 aliphatic heterocycles. The van der Waals surface area contributed by atoms with Crippen LogP contribution in [0.1, 0.15) is 23.5 Å². The molecule has 0 aliphatic carbocycles. The van der Waals surface area contributed by atoms with Gasteiger partial charge in [0.1, 0.15) is 12.2 Å². The quantitative estimate of drug-likeness (QED) is 0.696. The topological polar surface area (TPSA) is 51.0 Å². The van der Waals surface area contributed by atoms with Gasteiger partial charge in [-0.3, -0.25) is 9.36 Å². The minimum atomic E-state index is 0.238. The Morgan fingerprint density at radius 2 is 2.08 bits per heavy atom. The molecule has 2 aromatic heterocycles. The Bertz CT molecular complexity index is 844. The number of benzene rings is 1. The molecule has 3 heterocycles. The Morgan fingerprint density at radius 1 is 1.19 bits per heavy atom. The number of rotatable bonds is 5. The molecular formula is C20H22N4OS. The number of hydrogen-bond acceptors (Lipinski definition) is 4. The minimum absolute atomic E-state index is 0.238. The van der Waals surface area contributed by atoms with E-state index in [0.29, 0.717) is 12.3 Å². The number of hydrogen-bond donors (Lipinski definition) is 0. The van der Waals surface area contributed by atoms with Gasteiger partial charge in [0.2, 0.25) is 5.91 Å². The van der Waals surface area contributed by atoms with E-state index in [0.717, 1.165) is 48.7 Å². The Balaban J connectivity index is 1.41. The molecular weight excluding hydrogens is 344 g/mol. The molecule has 6 heteroatoms. The molecule has 3 aromatic rings. The van der Waals surface area contributed by atoms with Crippen LogP contribution in [0.15, 0.2) is 54.2 Å². The molecule has 1 aliphatic rings. The molecule has 0 bridgehead atoms. The molecule has 1 atom stereocenters. The second kappa shape index (κ2) is 7.83. The van der Waals surface area contributed by atoms with Crippen LogP contribution in [0.3, 0.4) is 0 Å². The van der Waals surface area contributed by atoms with Gasteiger partial charge < -0.3 is 4.90 Å². The molecule has 0 radical (unpaired) electrons. The van der Waals surface area contributed by atoms with E-state index in [1.165, 1.54) is 0 Å². The SMILES string of the molecule is O=C(Cc1cccs1)N1CCCC(Cc2nncn2-c2ccccc2)C1. The van der Waals surface area contributed by atoms with Crippen LogP contribution < -0.4 is 0 Å². The zero-order valence-corrected chi connectivity index (χ0v) is 15.4. The van der Waals surface area contributed by atoms with E-state index in [2.05, 4.69) is 22.3 Å². The van der Waals surface area contributed by atoms with E-state index >= 15 is 0 Å². The third-order valence-corrected chi connectivity index (χ3v) is 5.78. The number of para-hydroxylation sites is 1. The highest BCUT2D eigenvalue weighted by atomic mass is 32.1. The lowest BCUT2D eigenvalue weighted by atomic mass is 9.94. The highest BCUT2D eigenvalue weighted by Gasteiger charge is 2.25. The lowest BCUT2D eigenvalue weighted by Gasteiger charge is -2.32. The first-order valence-electron chi connectivity index (χ1n) is 9.04. The van der Waals surface area contributed by atoms with Crippen molar-refractivity contribution in [3.63, 3.8) is 0 Å². The predicted molar refractivity (Wildman–Crippen MR) is 102 cm³/mol. The Hall–Kier alpha value is -2.47. The summed E-state index contributed by atoms with van der Waals surface area (Å²) in [6, 6.07) is 14.2. The second-order valence-electron chi connectivity index (χ2n) is 6.76. The van der Waals surface area contributed by atoms with Crippen LogP contribution in [-0.4, -0.2) is 38.7 Å². The van der Waals surface area contributed by atoms with Gasteiger partial charge in [-0.15, -0.1) is 21.5 Å². The molecule has 5 nitrogen and oxygen atoms in total. The van der Waals surface area contributed by atoms with Gasteiger partial charge in [0.05, 0.1) is 6.42 Å². The van der Waals surface area contributed by atoms with Crippen molar-refractivity contribution in [2.75, 3.05) is 13.1 Å². The van der Waals surface area contributed by atoms with Crippen molar-refractivity contribution in [1.82, 2.24) is 19.7 Å². The summed E-state index contributed by atoms with van der Waals surface area (Å²) in [5.41, 5.74) is 1.08. The summed E-state index contributed by atoms with van der Waals surface area (Å²) in [7, 11) is 0. The van der Waals surface area contributed by atoms with Crippen LogP contribution >= 0.6 is 11.3 Å². The number of amides is 1. The predicted octanol–water partition coefficient (Wildman–Crippen LogP) is 3.35. The molecule has 1 saturated heterocycles. The Morgan fingerprint density at radius 3 is 2.88 bits per heavy atom. The van der Waals surface area contributed by atoms with Gasteiger partial charge in [-0.2, -0.15) is 0 Å². The van der Waals surface area contributed by atoms with Crippen molar-refractivity contribution in [2.24, 2.45) is 5.92 Å². The summed E-state index contributed by atoms with van der Waals surface area (Å²) >= 11 is 1.65. The molecule has 1 amide bonds. The lowest BCUT2D eigenvalue weighted by molar-refractivity contribution is -0.132. The summed E-state index contributed by atoms with van der Waals surface area (Å²) in [6.45, 7) is 1.68. The minimum Gasteiger partial charge on any atom is -0.342 e. The first-order chi connectivity index (χ1) is 12.8. The first-order valence-corrected chi connectivity index (χ1v) is 9.92. The van der Waals surface area contributed by atoms with Gasteiger partial charge in [0, 0.05) is 30.1 Å². The van der Waals surface area contributed by atoms with Crippen molar-refractivity contribution in [1.29, 1.82) is 0 Å². The molecule has 0 N–H and O–H groups in total. The van der Waals surface area contributed by atoms with E-state index in [4.69, 9.17) is 0 Å². The van der Waals surface area contributed by atoms with Crippen molar-refractivity contribution in [3.8, 4) is 5.69 Å². The van der Waals surface area contributed by atoms with Gasteiger partial charge in [0.25, 0.3) is 0 Å². The maximum Gasteiger partial charge on any atom is 0.227 e. The van der Waals surface area contributed by atoms with Crippen molar-refractivity contribution in [3.05, 3.63) is 64.9 Å². The molecule has 0 saturated carbocycles. The van der Waals surface area contributed by atoms with Crippen molar-refractivity contribution in [2.45, 2.75) is 25.7 Å². The second-order valence-corrected chi connectivity index (χ2v) is 7.79. The maximum absolute atomic E-state index is 12.6. The standard InChI is InChI=1S/C20H22N4OS/c25-20(13-18-9-5-11-26-18)23-10-4-6-16(14-23)12-19-22-21-15-24(19)17-7-2-1-3-8-17/h1-3,5,7-9,11,15-16H,4,6,10,12-14H2. The fourth-order valence-corrected chi connectivity index (χ4v) is 4.29. The molecule has 1 aromatic carbocycles. The normalized spacial score (nSPS) is 17.4. The summed E-state index contributed by atoms with van der Waals surface area (Å²) in [5, 5.41) is 10.5. The van der Waals surface area contributed by atoms with Crippen LogP contribution in [0.2, 0.25) is 0 Å². The van der Waals surface area contributed by atoms with E-state index in [-0.39, 0.29) is 5.91 Å². The summed E-state index contributed by atoms with van der Waals surface area (Å²) < 4.78 is 2.05. The van der Waals surface area contributed by atoms with E-state index < -0.39 is 0 Å². The van der Waals surface area contributed by atoms with Crippen LogP contribution in [-0.2, 0) is 17.6 Å². The Kier molecular flexibility index (Phi) is 5.11. The van der Waals surface area contributed by atoms with E-state index in [1.54, 1.807) is 17.7 Å². The van der Waals surface area contributed by atoms with Gasteiger partial charge >= 0.3 is 0 Å². The highest BCUT2D eigenvalue weighted by Crippen LogP contribution is 2.22. The summed E-state index contributed by atoms with van der Waals surface area (Å²) in [6.07, 6.45) is 5.32. The molecule has 26 heavy (non-hydrogen) atoms. The van der Waals surface area contributed by atoms with Crippen LogP contribution in [0.25, 0.3) is 5.69 Å². The van der Waals surface area contributed by atoms with Crippen molar-refractivity contribution >= 4 is 17.2 Å². The van der Waals surface area contributed by atoms with Gasteiger partial charge in [0.15, 0.2) is 0 Å². The number of thiophene rings is 1. The van der Waals surface area contributed by atoms with E-state index in [1.807, 2.05) is 45.2 Å². The number of piperidine rings is 1. The van der Waals surface area contributed by atoms with Gasteiger partial charge in [-0.1, -0.05) is 24.3 Å². The van der Waals surface area contributed by atoms with Crippen molar-refractivity contribution < 1.29 is 4.79 Å². The number of aromatic nitrogens is 3. The van der Waals surface area contributed by atoms with Crippen LogP contribution in [0.4, 0.5) is 0 Å². The van der Waals surface area contributed by atoms with Crippen LogP contribution in [0.5, 0.6) is 0 Å². The van der Waals surface area contributed by atoms with Gasteiger partial charge in [-0.05, 0) is 42.3 Å². The zero-order chi connectivity index (χ0) is 17.8. The fourth-order valence-electron chi connectivity index (χ4n) is 3.59. The molecule has 1 unspecified atom stereocenters. The van der Waals surface area contributed by atoms with Gasteiger partial charge in [-0.25, -0.2) is 0 Å². The molecule has 0 spiro atoms. The number of carbonyl (C=O) groups excluding carboxylic acids is 1. The average molecular weight is 366 g/mol. The number of carbonyl (C=O) groups is 1. The number of nitrogens with zero attached hydrogens (tertiary/aromatic N) is 4. The maximum atomic E-state index is 12.6. The zero-order valence-electron chi connectivity index (χ0n) is 14.6. The third-order valence-electron chi connectivity index (χ3n) is 4.90. The monoisotopic (exact) mass is 366 g/mol. The average Bonchev–Trinajstić information content (AvgIpc) is 3.35. The first kappa shape index (κ1) is 17.0. The number of likely N-dealkylation sites (tertiary alicyclic amines) is 1. The van der Waals surface area contributed by atoms with E-state index in [9.17, 15) is 4.79 Å². The largest absolute Gasteiger partial charge is 0.342 e. The third kappa shape index (κ3) is 3.85. The Labute approximate surface area is 157 Å². The molecule has 1 fully saturated rings. The lowest BCUT2D eigenvalue weighted by Crippen LogP contribution is -2.41. The molecule has 134 valence electrons. The van der Waals surface area contributed by atoms with Crippen LogP contribution in [0, 0.1) is 5.92 Å².